The van der Waals surface area contributed by atoms with Crippen molar-refractivity contribution < 1.29 is 9.90 Å². The molecule has 30 heavy (non-hydrogen) atoms. The molecule has 1 amide bonds. The summed E-state index contributed by atoms with van der Waals surface area (Å²) in [5.41, 5.74) is 1.62. The van der Waals surface area contributed by atoms with Crippen molar-refractivity contribution >= 4 is 5.91 Å². The van der Waals surface area contributed by atoms with Crippen LogP contribution in [0.3, 0.4) is 0 Å². The van der Waals surface area contributed by atoms with E-state index in [4.69, 9.17) is 0 Å². The van der Waals surface area contributed by atoms with E-state index in [1.54, 1.807) is 6.20 Å². The van der Waals surface area contributed by atoms with E-state index in [9.17, 15) is 9.90 Å². The predicted octanol–water partition coefficient (Wildman–Crippen LogP) is 2.60. The third-order valence-electron chi connectivity index (χ3n) is 5.97. The van der Waals surface area contributed by atoms with Gasteiger partial charge in [-0.2, -0.15) is 5.10 Å². The van der Waals surface area contributed by atoms with Gasteiger partial charge in [-0.25, -0.2) is 0 Å². The quantitative estimate of drug-likeness (QED) is 0.710. The molecule has 0 spiro atoms. The van der Waals surface area contributed by atoms with Gasteiger partial charge in [0.1, 0.15) is 5.60 Å². The topological polar surface area (TPSA) is 61.6 Å². The molecule has 1 aliphatic heterocycles. The number of piperidine rings is 1. The molecule has 0 radical (unpaired) electrons. The van der Waals surface area contributed by atoms with Gasteiger partial charge < -0.3 is 14.9 Å². The van der Waals surface area contributed by atoms with Gasteiger partial charge in [0.2, 0.25) is 0 Å². The van der Waals surface area contributed by atoms with Crippen LogP contribution >= 0.6 is 0 Å². The smallest absolute Gasteiger partial charge is 0.253 e. The average Bonchev–Trinajstić information content (AvgIpc) is 3.27. The molecule has 0 unspecified atom stereocenters. The lowest BCUT2D eigenvalue weighted by Gasteiger charge is -2.47. The first-order valence-corrected chi connectivity index (χ1v) is 10.3. The molecule has 156 valence electrons. The van der Waals surface area contributed by atoms with Gasteiger partial charge in [0.05, 0.1) is 12.6 Å². The van der Waals surface area contributed by atoms with Gasteiger partial charge in [0.15, 0.2) is 0 Å². The monoisotopic (exact) mass is 404 g/mol. The van der Waals surface area contributed by atoms with Gasteiger partial charge in [0, 0.05) is 31.0 Å². The highest BCUT2D eigenvalue weighted by molar-refractivity contribution is 5.94. The summed E-state index contributed by atoms with van der Waals surface area (Å²) in [6, 6.07) is 19.2. The number of carbonyl (C=O) groups excluding carboxylic acids is 1. The highest BCUT2D eigenvalue weighted by Crippen LogP contribution is 2.35. The number of rotatable bonds is 5. The highest BCUT2D eigenvalue weighted by Gasteiger charge is 2.45. The lowest BCUT2D eigenvalue weighted by Crippen LogP contribution is -2.60. The molecule has 1 N–H and O–H groups in total. The molecular weight excluding hydrogens is 376 g/mol. The molecule has 2 atom stereocenters. The minimum Gasteiger partial charge on any atom is -0.383 e. The Bertz CT molecular complexity index is 987. The Hall–Kier alpha value is -2.96. The maximum absolute atomic E-state index is 13.3. The van der Waals surface area contributed by atoms with Crippen molar-refractivity contribution in [2.45, 2.75) is 24.6 Å². The highest BCUT2D eigenvalue weighted by atomic mass is 16.3. The number of likely N-dealkylation sites (N-methyl/N-ethyl adjacent to an activating group) is 1. The summed E-state index contributed by atoms with van der Waals surface area (Å²) in [6.45, 7) is 1.61. The molecule has 1 saturated heterocycles. The molecule has 1 aliphatic rings. The third kappa shape index (κ3) is 4.01. The van der Waals surface area contributed by atoms with Crippen molar-refractivity contribution in [3.05, 3.63) is 89.7 Å². The number of hydrogen-bond donors (Lipinski definition) is 1. The number of nitrogens with zero attached hydrogens (tertiary/aromatic N) is 4. The number of likely N-dealkylation sites (tertiary alicyclic amines) is 1. The average molecular weight is 405 g/mol. The van der Waals surface area contributed by atoms with Crippen LogP contribution in [-0.4, -0.2) is 63.8 Å². The lowest BCUT2D eigenvalue weighted by molar-refractivity contribution is -0.0810. The van der Waals surface area contributed by atoms with E-state index in [0.717, 1.165) is 11.1 Å². The molecule has 1 fully saturated rings. The summed E-state index contributed by atoms with van der Waals surface area (Å²) in [5, 5.41) is 15.8. The number of aliphatic hydroxyl groups is 1. The molecule has 2 aromatic carbocycles. The summed E-state index contributed by atoms with van der Waals surface area (Å²) in [5.74, 6) is -0.000669. The zero-order valence-electron chi connectivity index (χ0n) is 17.5. The molecule has 6 nitrogen and oxygen atoms in total. The molecule has 6 heteroatoms. The van der Waals surface area contributed by atoms with Crippen LogP contribution in [0.25, 0.3) is 0 Å². The Balaban J connectivity index is 1.53. The van der Waals surface area contributed by atoms with Crippen molar-refractivity contribution in [3.63, 3.8) is 0 Å². The number of carbonyl (C=O) groups is 1. The number of amides is 1. The van der Waals surface area contributed by atoms with Gasteiger partial charge in [-0.3, -0.25) is 9.48 Å². The van der Waals surface area contributed by atoms with Gasteiger partial charge in [-0.1, -0.05) is 42.5 Å². The fourth-order valence-corrected chi connectivity index (χ4v) is 4.33. The largest absolute Gasteiger partial charge is 0.383 e. The Labute approximate surface area is 177 Å². The SMILES string of the molecule is CN(C)[C@@H]1CN(C(=O)c2cccc(Cn3cccn3)c2)CC[C@]1(O)c1ccccc1. The Morgan fingerprint density at radius 1 is 1.17 bits per heavy atom. The van der Waals surface area contributed by atoms with Crippen LogP contribution in [0, 0.1) is 0 Å². The summed E-state index contributed by atoms with van der Waals surface area (Å²) < 4.78 is 1.84. The maximum Gasteiger partial charge on any atom is 0.253 e. The van der Waals surface area contributed by atoms with Gasteiger partial charge >= 0.3 is 0 Å². The summed E-state index contributed by atoms with van der Waals surface area (Å²) >= 11 is 0. The molecular formula is C24H28N4O2. The normalized spacial score (nSPS) is 21.7. The fraction of sp³-hybridized carbons (Fsp3) is 0.333. The van der Waals surface area contributed by atoms with E-state index in [-0.39, 0.29) is 11.9 Å². The van der Waals surface area contributed by atoms with Crippen LogP contribution < -0.4 is 0 Å². The lowest BCUT2D eigenvalue weighted by atomic mass is 9.79. The first-order chi connectivity index (χ1) is 14.5. The minimum absolute atomic E-state index is 0.000669. The zero-order chi connectivity index (χ0) is 21.1. The second kappa shape index (κ2) is 8.42. The van der Waals surface area contributed by atoms with Gasteiger partial charge in [-0.05, 0) is 49.8 Å². The second-order valence-electron chi connectivity index (χ2n) is 8.17. The van der Waals surface area contributed by atoms with Crippen molar-refractivity contribution in [2.75, 3.05) is 27.2 Å². The molecule has 0 saturated carbocycles. The molecule has 0 bridgehead atoms. The first-order valence-electron chi connectivity index (χ1n) is 10.3. The molecule has 2 heterocycles. The number of aromatic nitrogens is 2. The third-order valence-corrected chi connectivity index (χ3v) is 5.97. The van der Waals surface area contributed by atoms with Crippen LogP contribution in [0.4, 0.5) is 0 Å². The van der Waals surface area contributed by atoms with Crippen molar-refractivity contribution in [1.82, 2.24) is 19.6 Å². The van der Waals surface area contributed by atoms with E-state index < -0.39 is 5.60 Å². The summed E-state index contributed by atoms with van der Waals surface area (Å²) in [6.07, 6.45) is 4.15. The van der Waals surface area contributed by atoms with Crippen LogP contribution in [0.15, 0.2) is 73.1 Å². The number of benzene rings is 2. The van der Waals surface area contributed by atoms with Crippen LogP contribution in [0.1, 0.15) is 27.9 Å². The molecule has 3 aromatic rings. The van der Waals surface area contributed by atoms with E-state index >= 15 is 0 Å². The van der Waals surface area contributed by atoms with E-state index in [0.29, 0.717) is 31.6 Å². The predicted molar refractivity (Wildman–Crippen MR) is 116 cm³/mol. The number of hydrogen-bond acceptors (Lipinski definition) is 4. The Kier molecular flexibility index (Phi) is 5.70. The summed E-state index contributed by atoms with van der Waals surface area (Å²) in [7, 11) is 3.91. The van der Waals surface area contributed by atoms with Crippen LogP contribution in [-0.2, 0) is 12.1 Å². The first kappa shape index (κ1) is 20.3. The van der Waals surface area contributed by atoms with Gasteiger partial charge in [-0.15, -0.1) is 0 Å². The van der Waals surface area contributed by atoms with Crippen LogP contribution in [0.2, 0.25) is 0 Å². The Morgan fingerprint density at radius 2 is 1.97 bits per heavy atom. The van der Waals surface area contributed by atoms with Crippen molar-refractivity contribution in [1.29, 1.82) is 0 Å². The maximum atomic E-state index is 13.3. The van der Waals surface area contributed by atoms with E-state index in [1.165, 1.54) is 0 Å². The van der Waals surface area contributed by atoms with Crippen molar-refractivity contribution in [3.8, 4) is 0 Å². The van der Waals surface area contributed by atoms with E-state index in [2.05, 4.69) is 5.10 Å². The van der Waals surface area contributed by atoms with Crippen LogP contribution in [0.5, 0.6) is 0 Å². The summed E-state index contributed by atoms with van der Waals surface area (Å²) in [4.78, 5) is 17.1. The fourth-order valence-electron chi connectivity index (χ4n) is 4.33. The Morgan fingerprint density at radius 3 is 2.67 bits per heavy atom. The standard InChI is InChI=1S/C24H28N4O2/c1-26(2)22-18-27(15-12-24(22,30)21-10-4-3-5-11-21)23(29)20-9-6-8-19(16-20)17-28-14-7-13-25-28/h3-11,13-14,16,22,30H,12,15,17-18H2,1-2H3/t22-,24+/m1/s1. The molecule has 1 aromatic heterocycles. The second-order valence-corrected chi connectivity index (χ2v) is 8.17. The van der Waals surface area contributed by atoms with Crippen molar-refractivity contribution in [2.24, 2.45) is 0 Å². The molecule has 0 aliphatic carbocycles. The zero-order valence-corrected chi connectivity index (χ0v) is 17.5. The molecule has 4 rings (SSSR count). The van der Waals surface area contributed by atoms with Gasteiger partial charge in [0.25, 0.3) is 5.91 Å². The minimum atomic E-state index is -0.983. The van der Waals surface area contributed by atoms with E-state index in [1.807, 2.05) is 95.4 Å².